The molecule has 0 atom stereocenters. The molecule has 1 aromatic rings. The molecule has 1 fully saturated rings. The number of nitro groups is 1. The normalized spacial score (nSPS) is 17.2. The summed E-state index contributed by atoms with van der Waals surface area (Å²) in [6.45, 7) is 6.21. The van der Waals surface area contributed by atoms with Gasteiger partial charge in [-0.05, 0) is 32.3 Å². The van der Waals surface area contributed by atoms with E-state index in [-0.39, 0.29) is 11.2 Å². The molecule has 116 valence electrons. The van der Waals surface area contributed by atoms with Gasteiger partial charge in [0.25, 0.3) is 0 Å². The van der Waals surface area contributed by atoms with Crippen LogP contribution in [-0.2, 0) is 4.74 Å². The minimum Gasteiger partial charge on any atom is -0.381 e. The van der Waals surface area contributed by atoms with Crippen molar-refractivity contribution in [2.75, 3.05) is 30.4 Å². The van der Waals surface area contributed by atoms with E-state index < -0.39 is 4.92 Å². The summed E-state index contributed by atoms with van der Waals surface area (Å²) in [5, 5.41) is 17.6. The van der Waals surface area contributed by atoms with Gasteiger partial charge in [0.15, 0.2) is 0 Å². The van der Waals surface area contributed by atoms with Crippen LogP contribution in [0.4, 0.5) is 17.3 Å². The molecule has 0 amide bonds. The SMILES string of the molecule is CCCNc1ccc([N+](=O)[O-])c(NC2(C)CCOCC2)n1. The molecule has 0 aliphatic carbocycles. The average Bonchev–Trinajstić information content (AvgIpc) is 2.45. The van der Waals surface area contributed by atoms with Crippen LogP contribution in [0.25, 0.3) is 0 Å². The fourth-order valence-corrected chi connectivity index (χ4v) is 2.28. The number of rotatable bonds is 6. The first-order valence-electron chi connectivity index (χ1n) is 7.29. The summed E-state index contributed by atoms with van der Waals surface area (Å²) in [6.07, 6.45) is 2.58. The number of hydrogen-bond acceptors (Lipinski definition) is 6. The van der Waals surface area contributed by atoms with Crippen molar-refractivity contribution in [3.63, 3.8) is 0 Å². The van der Waals surface area contributed by atoms with Gasteiger partial charge in [-0.1, -0.05) is 6.92 Å². The topological polar surface area (TPSA) is 89.3 Å². The highest BCUT2D eigenvalue weighted by atomic mass is 16.6. The van der Waals surface area contributed by atoms with Crippen LogP contribution in [0.15, 0.2) is 12.1 Å². The summed E-state index contributed by atoms with van der Waals surface area (Å²) in [6, 6.07) is 3.14. The lowest BCUT2D eigenvalue weighted by Gasteiger charge is -2.34. The van der Waals surface area contributed by atoms with Crippen molar-refractivity contribution in [1.29, 1.82) is 0 Å². The van der Waals surface area contributed by atoms with E-state index in [4.69, 9.17) is 4.74 Å². The van der Waals surface area contributed by atoms with Gasteiger partial charge in [-0.3, -0.25) is 10.1 Å². The van der Waals surface area contributed by atoms with Gasteiger partial charge in [0.1, 0.15) is 5.82 Å². The predicted molar refractivity (Wildman–Crippen MR) is 81.8 cm³/mol. The van der Waals surface area contributed by atoms with E-state index in [0.29, 0.717) is 24.8 Å². The Kier molecular flexibility index (Phi) is 4.95. The summed E-state index contributed by atoms with van der Waals surface area (Å²) in [5.74, 6) is 0.978. The third kappa shape index (κ3) is 4.04. The minimum atomic E-state index is -0.401. The number of nitrogens with one attached hydrogen (secondary N) is 2. The molecule has 1 aromatic heterocycles. The second-order valence-electron chi connectivity index (χ2n) is 5.55. The second-order valence-corrected chi connectivity index (χ2v) is 5.55. The van der Waals surface area contributed by atoms with Crippen LogP contribution in [0.1, 0.15) is 33.1 Å². The Bertz CT molecular complexity index is 501. The van der Waals surface area contributed by atoms with Crippen LogP contribution < -0.4 is 10.6 Å². The van der Waals surface area contributed by atoms with E-state index >= 15 is 0 Å². The number of anilines is 2. The van der Waals surface area contributed by atoms with Crippen LogP contribution in [0, 0.1) is 10.1 Å². The molecule has 2 rings (SSSR count). The number of aromatic nitrogens is 1. The van der Waals surface area contributed by atoms with Crippen LogP contribution >= 0.6 is 0 Å². The largest absolute Gasteiger partial charge is 0.381 e. The smallest absolute Gasteiger partial charge is 0.311 e. The Balaban J connectivity index is 2.23. The van der Waals surface area contributed by atoms with Crippen LogP contribution in [0.5, 0.6) is 0 Å². The molecule has 21 heavy (non-hydrogen) atoms. The molecule has 0 aromatic carbocycles. The van der Waals surface area contributed by atoms with Gasteiger partial charge in [-0.2, -0.15) is 0 Å². The Morgan fingerprint density at radius 1 is 1.43 bits per heavy atom. The molecule has 0 spiro atoms. The molecule has 0 saturated carbocycles. The van der Waals surface area contributed by atoms with Crippen molar-refractivity contribution in [3.8, 4) is 0 Å². The highest BCUT2D eigenvalue weighted by Gasteiger charge is 2.30. The Hall–Kier alpha value is -1.89. The molecular formula is C14H22N4O3. The lowest BCUT2D eigenvalue weighted by Crippen LogP contribution is -2.41. The van der Waals surface area contributed by atoms with Crippen molar-refractivity contribution in [3.05, 3.63) is 22.2 Å². The lowest BCUT2D eigenvalue weighted by atomic mass is 9.92. The fraction of sp³-hybridized carbons (Fsp3) is 0.643. The van der Waals surface area contributed by atoms with E-state index in [2.05, 4.69) is 22.5 Å². The Morgan fingerprint density at radius 2 is 2.14 bits per heavy atom. The van der Waals surface area contributed by atoms with Gasteiger partial charge in [0.05, 0.1) is 4.92 Å². The lowest BCUT2D eigenvalue weighted by molar-refractivity contribution is -0.384. The zero-order chi connectivity index (χ0) is 15.3. The monoisotopic (exact) mass is 294 g/mol. The summed E-state index contributed by atoms with van der Waals surface area (Å²) in [4.78, 5) is 15.1. The third-order valence-corrected chi connectivity index (χ3v) is 3.64. The van der Waals surface area contributed by atoms with E-state index in [9.17, 15) is 10.1 Å². The number of pyridine rings is 1. The van der Waals surface area contributed by atoms with Gasteiger partial charge < -0.3 is 15.4 Å². The standard InChI is InChI=1S/C14H22N4O3/c1-3-8-15-12-5-4-11(18(19)20)13(16-12)17-14(2)6-9-21-10-7-14/h4-5H,3,6-10H2,1-2H3,(H2,15,16,17). The zero-order valence-corrected chi connectivity index (χ0v) is 12.5. The fourth-order valence-electron chi connectivity index (χ4n) is 2.28. The maximum atomic E-state index is 11.2. The van der Waals surface area contributed by atoms with Crippen molar-refractivity contribution >= 4 is 17.3 Å². The van der Waals surface area contributed by atoms with Gasteiger partial charge >= 0.3 is 5.69 Å². The minimum absolute atomic E-state index is 0.00441. The molecular weight excluding hydrogens is 272 g/mol. The van der Waals surface area contributed by atoms with Crippen LogP contribution in [0.3, 0.4) is 0 Å². The van der Waals surface area contributed by atoms with E-state index in [1.54, 1.807) is 6.07 Å². The predicted octanol–water partition coefficient (Wildman–Crippen LogP) is 2.79. The van der Waals surface area contributed by atoms with E-state index in [1.165, 1.54) is 6.07 Å². The van der Waals surface area contributed by atoms with Gasteiger partial charge in [-0.25, -0.2) is 4.98 Å². The molecule has 1 aliphatic heterocycles. The molecule has 0 radical (unpaired) electrons. The number of hydrogen-bond donors (Lipinski definition) is 2. The van der Waals surface area contributed by atoms with Crippen molar-refractivity contribution in [1.82, 2.24) is 4.98 Å². The Labute approximate surface area is 124 Å². The number of nitrogens with zero attached hydrogens (tertiary/aromatic N) is 2. The molecule has 0 unspecified atom stereocenters. The van der Waals surface area contributed by atoms with Gasteiger partial charge in [0.2, 0.25) is 5.82 Å². The second kappa shape index (κ2) is 6.71. The highest BCUT2D eigenvalue weighted by Crippen LogP contribution is 2.30. The van der Waals surface area contributed by atoms with E-state index in [1.807, 2.05) is 6.92 Å². The first kappa shape index (κ1) is 15.5. The zero-order valence-electron chi connectivity index (χ0n) is 12.5. The summed E-state index contributed by atoms with van der Waals surface area (Å²) < 4.78 is 5.35. The molecule has 2 N–H and O–H groups in total. The number of ether oxygens (including phenoxy) is 1. The maximum Gasteiger partial charge on any atom is 0.311 e. The van der Waals surface area contributed by atoms with E-state index in [0.717, 1.165) is 25.8 Å². The van der Waals surface area contributed by atoms with Gasteiger partial charge in [0, 0.05) is 31.4 Å². The molecule has 1 aliphatic rings. The molecule has 1 saturated heterocycles. The first-order valence-corrected chi connectivity index (χ1v) is 7.29. The highest BCUT2D eigenvalue weighted by molar-refractivity contribution is 5.61. The average molecular weight is 294 g/mol. The van der Waals surface area contributed by atoms with Gasteiger partial charge in [-0.15, -0.1) is 0 Å². The van der Waals surface area contributed by atoms with Crippen LogP contribution in [0.2, 0.25) is 0 Å². The summed E-state index contributed by atoms with van der Waals surface area (Å²) in [5.41, 5.74) is -0.218. The summed E-state index contributed by atoms with van der Waals surface area (Å²) in [7, 11) is 0. The third-order valence-electron chi connectivity index (χ3n) is 3.64. The molecule has 2 heterocycles. The molecule has 7 nitrogen and oxygen atoms in total. The maximum absolute atomic E-state index is 11.2. The molecule has 0 bridgehead atoms. The van der Waals surface area contributed by atoms with Crippen molar-refractivity contribution in [2.24, 2.45) is 0 Å². The first-order chi connectivity index (χ1) is 10.0. The quantitative estimate of drug-likeness (QED) is 0.619. The summed E-state index contributed by atoms with van der Waals surface area (Å²) >= 11 is 0. The van der Waals surface area contributed by atoms with Crippen molar-refractivity contribution in [2.45, 2.75) is 38.6 Å². The Morgan fingerprint density at radius 3 is 2.76 bits per heavy atom. The van der Waals surface area contributed by atoms with Crippen molar-refractivity contribution < 1.29 is 9.66 Å². The van der Waals surface area contributed by atoms with Crippen LogP contribution in [-0.4, -0.2) is 35.2 Å². The molecule has 7 heteroatoms.